The number of hydrogen-bond acceptors (Lipinski definition) is 5. The van der Waals surface area contributed by atoms with E-state index >= 15 is 0 Å². The maximum atomic E-state index is 12.4. The van der Waals surface area contributed by atoms with Gasteiger partial charge in [0.2, 0.25) is 15.9 Å². The third kappa shape index (κ3) is 5.39. The second-order valence-corrected chi connectivity index (χ2v) is 8.61. The highest BCUT2D eigenvalue weighted by Gasteiger charge is 2.26. The number of carbonyl (C=O) groups is 2. The molecule has 1 amide bonds. The van der Waals surface area contributed by atoms with Gasteiger partial charge >= 0.3 is 0 Å². The van der Waals surface area contributed by atoms with Crippen molar-refractivity contribution in [2.75, 3.05) is 37.6 Å². The van der Waals surface area contributed by atoms with Gasteiger partial charge in [0.25, 0.3) is 5.82 Å². The van der Waals surface area contributed by atoms with Crippen LogP contribution in [0.15, 0.2) is 53.6 Å². The maximum Gasteiger partial charge on any atom is 0.274 e. The molecule has 0 aliphatic carbocycles. The number of anilines is 1. The van der Waals surface area contributed by atoms with Crippen LogP contribution in [0.25, 0.3) is 0 Å². The van der Waals surface area contributed by atoms with Crippen molar-refractivity contribution in [2.45, 2.75) is 18.2 Å². The topological polar surface area (TPSA) is 101 Å². The molecule has 1 aliphatic heterocycles. The Kier molecular flexibility index (Phi) is 6.60. The molecule has 2 aromatic rings. The predicted molar refractivity (Wildman–Crippen MR) is 108 cm³/mol. The van der Waals surface area contributed by atoms with Crippen LogP contribution in [-0.4, -0.2) is 57.7 Å². The number of rotatable bonds is 7. The van der Waals surface area contributed by atoms with E-state index < -0.39 is 10.0 Å². The number of sulfonamides is 1. The third-order valence-corrected chi connectivity index (χ3v) is 6.34. The first-order valence-electron chi connectivity index (χ1n) is 9.47. The third-order valence-electron chi connectivity index (χ3n) is 4.87. The Morgan fingerprint density at radius 2 is 1.72 bits per heavy atom. The molecule has 0 radical (unpaired) electrons. The molecule has 29 heavy (non-hydrogen) atoms. The van der Waals surface area contributed by atoms with Crippen molar-refractivity contribution in [1.82, 2.24) is 9.62 Å². The van der Waals surface area contributed by atoms with E-state index in [0.29, 0.717) is 18.7 Å². The second-order valence-electron chi connectivity index (χ2n) is 6.84. The average Bonchev–Trinajstić information content (AvgIpc) is 2.74. The molecule has 1 aliphatic rings. The van der Waals surface area contributed by atoms with Crippen LogP contribution in [0.5, 0.6) is 0 Å². The minimum absolute atomic E-state index is 0.0301. The first-order valence-corrected chi connectivity index (χ1v) is 11.0. The second kappa shape index (κ2) is 9.15. The molecule has 8 nitrogen and oxygen atoms in total. The predicted octanol–water partition coefficient (Wildman–Crippen LogP) is 0.721. The maximum absolute atomic E-state index is 12.4. The molecular weight excluding hydrogens is 392 g/mol. The summed E-state index contributed by atoms with van der Waals surface area (Å²) >= 11 is 0. The highest BCUT2D eigenvalue weighted by molar-refractivity contribution is 7.89. The fraction of sp³-hybridized carbons (Fsp3) is 0.350. The Hall–Kier alpha value is -2.78. The fourth-order valence-electron chi connectivity index (χ4n) is 3.18. The summed E-state index contributed by atoms with van der Waals surface area (Å²) in [7, 11) is -3.72. The Morgan fingerprint density at radius 1 is 1.03 bits per heavy atom. The first-order chi connectivity index (χ1) is 13.9. The van der Waals surface area contributed by atoms with E-state index in [0.717, 1.165) is 18.9 Å². The summed E-state index contributed by atoms with van der Waals surface area (Å²) in [4.78, 5) is 30.9. The molecule has 2 N–H and O–H groups in total. The number of carbonyl (C=O) groups excluding carboxylic acids is 2. The van der Waals surface area contributed by atoms with Gasteiger partial charge in [-0.25, -0.2) is 18.1 Å². The van der Waals surface area contributed by atoms with E-state index in [9.17, 15) is 18.0 Å². The number of nitrogens with one attached hydrogen (secondary N) is 2. The minimum atomic E-state index is -3.72. The van der Waals surface area contributed by atoms with Crippen LogP contribution >= 0.6 is 0 Å². The Labute approximate surface area is 170 Å². The van der Waals surface area contributed by atoms with Crippen LogP contribution in [0.4, 0.5) is 5.82 Å². The van der Waals surface area contributed by atoms with Crippen molar-refractivity contribution in [3.8, 4) is 0 Å². The number of piperazine rings is 1. The van der Waals surface area contributed by atoms with Crippen molar-refractivity contribution in [1.29, 1.82) is 0 Å². The Bertz CT molecular complexity index is 954. The summed E-state index contributed by atoms with van der Waals surface area (Å²) < 4.78 is 27.1. The smallest absolute Gasteiger partial charge is 0.274 e. The van der Waals surface area contributed by atoms with Crippen molar-refractivity contribution < 1.29 is 23.0 Å². The van der Waals surface area contributed by atoms with Gasteiger partial charge in [0.05, 0.1) is 24.2 Å². The lowest BCUT2D eigenvalue weighted by Crippen LogP contribution is -2.50. The molecular formula is C20H25N4O4S+. The normalized spacial score (nSPS) is 14.7. The van der Waals surface area contributed by atoms with E-state index in [-0.39, 0.29) is 29.6 Å². The molecule has 1 aromatic heterocycles. The number of aromatic amines is 1. The summed E-state index contributed by atoms with van der Waals surface area (Å²) in [5, 5.41) is 0. The number of aromatic nitrogens is 1. The lowest BCUT2D eigenvalue weighted by Gasteiger charge is -2.31. The zero-order valence-corrected chi connectivity index (χ0v) is 17.1. The number of benzene rings is 1. The van der Waals surface area contributed by atoms with Crippen LogP contribution < -0.4 is 14.6 Å². The highest BCUT2D eigenvalue weighted by Crippen LogP contribution is 2.12. The molecule has 0 atom stereocenters. The summed E-state index contributed by atoms with van der Waals surface area (Å²) in [5.41, 5.74) is 0.450. The number of nitrogens with zero attached hydrogens (tertiary/aromatic N) is 2. The zero-order chi connectivity index (χ0) is 20.9. The number of amides is 1. The minimum Gasteiger partial charge on any atom is -0.335 e. The molecule has 2 heterocycles. The summed E-state index contributed by atoms with van der Waals surface area (Å²) in [5.74, 6) is 0.817. The van der Waals surface area contributed by atoms with Crippen LogP contribution in [0.3, 0.4) is 0 Å². The molecule has 1 aromatic carbocycles. The molecule has 0 spiro atoms. The number of pyridine rings is 1. The van der Waals surface area contributed by atoms with Crippen LogP contribution in [0.2, 0.25) is 0 Å². The Balaban J connectivity index is 1.46. The highest BCUT2D eigenvalue weighted by atomic mass is 32.2. The lowest BCUT2D eigenvalue weighted by atomic mass is 10.2. The number of H-pyrrole nitrogens is 1. The molecule has 1 fully saturated rings. The lowest BCUT2D eigenvalue weighted by molar-refractivity contribution is -0.364. The quantitative estimate of drug-likeness (QED) is 0.669. The summed E-state index contributed by atoms with van der Waals surface area (Å²) in [6.07, 6.45) is 1.97. The fourth-order valence-corrected chi connectivity index (χ4v) is 4.21. The van der Waals surface area contributed by atoms with Gasteiger partial charge in [0.1, 0.15) is 13.1 Å². The van der Waals surface area contributed by atoms with E-state index in [4.69, 9.17) is 0 Å². The van der Waals surface area contributed by atoms with Crippen LogP contribution in [-0.2, 0) is 14.8 Å². The monoisotopic (exact) mass is 417 g/mol. The number of ketones is 1. The van der Waals surface area contributed by atoms with Crippen LogP contribution in [0, 0.1) is 0 Å². The molecule has 0 saturated carbocycles. The van der Waals surface area contributed by atoms with Crippen molar-refractivity contribution >= 4 is 27.5 Å². The van der Waals surface area contributed by atoms with Crippen molar-refractivity contribution in [2.24, 2.45) is 0 Å². The molecule has 3 rings (SSSR count). The largest absolute Gasteiger partial charge is 0.335 e. The average molecular weight is 418 g/mol. The van der Waals surface area contributed by atoms with Crippen molar-refractivity contribution in [3.63, 3.8) is 0 Å². The standard InChI is InChI=1S/C20H24N4O4S/c1-16(25)17-5-7-18(8-6-17)29(27,28)22-11-9-20(26)24-14-12-23(13-15-24)19-4-2-3-10-21-19/h2-8,10,22H,9,11-15H2,1H3/p+1. The van der Waals surface area contributed by atoms with Gasteiger partial charge in [-0.05, 0) is 25.1 Å². The van der Waals surface area contributed by atoms with Crippen LogP contribution in [0.1, 0.15) is 23.7 Å². The van der Waals surface area contributed by atoms with Gasteiger partial charge in [0, 0.05) is 24.6 Å². The number of Topliss-reactive ketones (excluding diaryl/α,β-unsaturated/α-hetero) is 1. The zero-order valence-electron chi connectivity index (χ0n) is 16.3. The van der Waals surface area contributed by atoms with E-state index in [2.05, 4.69) is 14.6 Å². The molecule has 154 valence electrons. The van der Waals surface area contributed by atoms with E-state index in [1.807, 2.05) is 24.4 Å². The number of hydrogen-bond donors (Lipinski definition) is 1. The van der Waals surface area contributed by atoms with Gasteiger partial charge in [0.15, 0.2) is 5.78 Å². The SMILES string of the molecule is CC(=O)c1ccc(S(=O)(=O)NCCC(=O)N2CCN(c3cccc[nH+]3)CC2)cc1. The van der Waals surface area contributed by atoms with Gasteiger partial charge in [-0.15, -0.1) is 0 Å². The van der Waals surface area contributed by atoms with Gasteiger partial charge in [-0.3, -0.25) is 14.5 Å². The van der Waals surface area contributed by atoms with E-state index in [1.54, 1.807) is 4.90 Å². The summed E-state index contributed by atoms with van der Waals surface area (Å²) in [6, 6.07) is 11.6. The van der Waals surface area contributed by atoms with Crippen molar-refractivity contribution in [3.05, 3.63) is 54.2 Å². The molecule has 9 heteroatoms. The van der Waals surface area contributed by atoms with E-state index in [1.165, 1.54) is 31.2 Å². The molecule has 0 bridgehead atoms. The van der Waals surface area contributed by atoms with Gasteiger partial charge in [-0.2, -0.15) is 0 Å². The molecule has 1 saturated heterocycles. The van der Waals surface area contributed by atoms with Gasteiger partial charge in [-0.1, -0.05) is 18.2 Å². The summed E-state index contributed by atoms with van der Waals surface area (Å²) in [6.45, 7) is 4.09. The molecule has 0 unspecified atom stereocenters. The first kappa shape index (κ1) is 20.9. The Morgan fingerprint density at radius 3 is 2.31 bits per heavy atom. The van der Waals surface area contributed by atoms with Gasteiger partial charge < -0.3 is 4.90 Å².